The standard InChI is InChI=1S/C13H18N2O2/c1-13(2)9-15(8-12(16)14-13)10-5-4-6-11(7-10)17-3/h4-7H,8-9H2,1-3H3,(H,14,16). The summed E-state index contributed by atoms with van der Waals surface area (Å²) in [7, 11) is 1.64. The molecule has 4 nitrogen and oxygen atoms in total. The second kappa shape index (κ2) is 4.28. The smallest absolute Gasteiger partial charge is 0.239 e. The fraction of sp³-hybridized carbons (Fsp3) is 0.462. The summed E-state index contributed by atoms with van der Waals surface area (Å²) in [5, 5.41) is 2.97. The zero-order valence-corrected chi connectivity index (χ0v) is 10.5. The first kappa shape index (κ1) is 11.8. The topological polar surface area (TPSA) is 41.6 Å². The third kappa shape index (κ3) is 2.70. The molecule has 0 bridgehead atoms. The van der Waals surface area contributed by atoms with Crippen molar-refractivity contribution in [2.75, 3.05) is 25.1 Å². The van der Waals surface area contributed by atoms with Gasteiger partial charge in [-0.25, -0.2) is 0 Å². The van der Waals surface area contributed by atoms with Crippen molar-refractivity contribution in [1.29, 1.82) is 0 Å². The molecule has 1 fully saturated rings. The Balaban J connectivity index is 2.23. The van der Waals surface area contributed by atoms with E-state index in [1.165, 1.54) is 0 Å². The van der Waals surface area contributed by atoms with Gasteiger partial charge >= 0.3 is 0 Å². The predicted octanol–water partition coefficient (Wildman–Crippen LogP) is 1.41. The Bertz CT molecular complexity index is 429. The zero-order chi connectivity index (χ0) is 12.5. The highest BCUT2D eigenvalue weighted by Crippen LogP contribution is 2.24. The molecule has 1 aliphatic heterocycles. The van der Waals surface area contributed by atoms with E-state index < -0.39 is 0 Å². The van der Waals surface area contributed by atoms with Gasteiger partial charge in [-0.05, 0) is 26.0 Å². The quantitative estimate of drug-likeness (QED) is 0.841. The van der Waals surface area contributed by atoms with Gasteiger partial charge in [-0.2, -0.15) is 0 Å². The number of amides is 1. The summed E-state index contributed by atoms with van der Waals surface area (Å²) in [6.07, 6.45) is 0. The van der Waals surface area contributed by atoms with Crippen LogP contribution in [0.25, 0.3) is 0 Å². The Morgan fingerprint density at radius 1 is 1.41 bits per heavy atom. The lowest BCUT2D eigenvalue weighted by atomic mass is 10.0. The number of hydrogen-bond donors (Lipinski definition) is 1. The number of carbonyl (C=O) groups excluding carboxylic acids is 1. The van der Waals surface area contributed by atoms with Crippen LogP contribution in [0, 0.1) is 0 Å². The molecule has 92 valence electrons. The van der Waals surface area contributed by atoms with Crippen LogP contribution < -0.4 is 15.0 Å². The van der Waals surface area contributed by atoms with Gasteiger partial charge in [-0.3, -0.25) is 4.79 Å². The van der Waals surface area contributed by atoms with Crippen molar-refractivity contribution in [3.63, 3.8) is 0 Å². The van der Waals surface area contributed by atoms with Crippen LogP contribution in [0.3, 0.4) is 0 Å². The highest BCUT2D eigenvalue weighted by Gasteiger charge is 2.30. The van der Waals surface area contributed by atoms with E-state index in [4.69, 9.17) is 4.74 Å². The Labute approximate surface area is 102 Å². The van der Waals surface area contributed by atoms with Crippen LogP contribution in [-0.4, -0.2) is 31.6 Å². The molecule has 1 amide bonds. The summed E-state index contributed by atoms with van der Waals surface area (Å²) in [6.45, 7) is 5.25. The summed E-state index contributed by atoms with van der Waals surface area (Å²) in [6, 6.07) is 7.79. The molecule has 0 atom stereocenters. The Hall–Kier alpha value is -1.71. The van der Waals surface area contributed by atoms with Crippen LogP contribution in [0.5, 0.6) is 5.75 Å². The third-order valence-electron chi connectivity index (χ3n) is 2.82. The maximum atomic E-state index is 11.6. The van der Waals surface area contributed by atoms with E-state index in [1.54, 1.807) is 7.11 Å². The largest absolute Gasteiger partial charge is 0.497 e. The summed E-state index contributed by atoms with van der Waals surface area (Å²) in [5.41, 5.74) is 0.825. The number of anilines is 1. The van der Waals surface area contributed by atoms with E-state index >= 15 is 0 Å². The van der Waals surface area contributed by atoms with E-state index in [0.717, 1.165) is 18.0 Å². The van der Waals surface area contributed by atoms with Gasteiger partial charge in [0.05, 0.1) is 19.2 Å². The van der Waals surface area contributed by atoms with E-state index in [2.05, 4.69) is 10.2 Å². The van der Waals surface area contributed by atoms with Crippen molar-refractivity contribution in [1.82, 2.24) is 5.32 Å². The predicted molar refractivity (Wildman–Crippen MR) is 67.4 cm³/mol. The highest BCUT2D eigenvalue weighted by molar-refractivity contribution is 5.83. The van der Waals surface area contributed by atoms with Gasteiger partial charge in [0.15, 0.2) is 0 Å². The third-order valence-corrected chi connectivity index (χ3v) is 2.82. The zero-order valence-electron chi connectivity index (χ0n) is 10.5. The van der Waals surface area contributed by atoms with Crippen LogP contribution in [0.2, 0.25) is 0 Å². The molecule has 0 aliphatic carbocycles. The number of methoxy groups -OCH3 is 1. The summed E-state index contributed by atoms with van der Waals surface area (Å²) in [4.78, 5) is 13.7. The minimum atomic E-state index is -0.196. The number of piperazine rings is 1. The van der Waals surface area contributed by atoms with E-state index in [-0.39, 0.29) is 11.4 Å². The molecule has 0 spiro atoms. The number of carbonyl (C=O) groups is 1. The molecule has 1 saturated heterocycles. The monoisotopic (exact) mass is 234 g/mol. The van der Waals surface area contributed by atoms with Crippen LogP contribution in [0.1, 0.15) is 13.8 Å². The minimum absolute atomic E-state index is 0.0593. The minimum Gasteiger partial charge on any atom is -0.497 e. The lowest BCUT2D eigenvalue weighted by Gasteiger charge is -2.39. The number of rotatable bonds is 2. The van der Waals surface area contributed by atoms with Gasteiger partial charge in [0, 0.05) is 18.3 Å². The van der Waals surface area contributed by atoms with Crippen molar-refractivity contribution in [3.8, 4) is 5.75 Å². The molecule has 0 aromatic heterocycles. The average molecular weight is 234 g/mol. The van der Waals surface area contributed by atoms with Gasteiger partial charge in [-0.1, -0.05) is 6.07 Å². The van der Waals surface area contributed by atoms with Crippen molar-refractivity contribution in [3.05, 3.63) is 24.3 Å². The van der Waals surface area contributed by atoms with Crippen LogP contribution >= 0.6 is 0 Å². The van der Waals surface area contributed by atoms with Crippen molar-refractivity contribution in [2.24, 2.45) is 0 Å². The molecule has 1 aromatic carbocycles. The summed E-state index contributed by atoms with van der Waals surface area (Å²) < 4.78 is 5.20. The number of hydrogen-bond acceptors (Lipinski definition) is 3. The van der Waals surface area contributed by atoms with E-state index in [9.17, 15) is 4.79 Å². The van der Waals surface area contributed by atoms with E-state index in [1.807, 2.05) is 38.1 Å². The molecule has 1 N–H and O–H groups in total. The second-order valence-corrected chi connectivity index (χ2v) is 4.99. The molecule has 4 heteroatoms. The first-order chi connectivity index (χ1) is 8.00. The summed E-state index contributed by atoms with van der Waals surface area (Å²) in [5.74, 6) is 0.871. The average Bonchev–Trinajstić information content (AvgIpc) is 2.26. The lowest BCUT2D eigenvalue weighted by molar-refractivity contribution is -0.122. The Morgan fingerprint density at radius 2 is 2.18 bits per heavy atom. The lowest BCUT2D eigenvalue weighted by Crippen LogP contribution is -2.60. The van der Waals surface area contributed by atoms with Gasteiger partial charge in [0.25, 0.3) is 0 Å². The van der Waals surface area contributed by atoms with Crippen LogP contribution in [-0.2, 0) is 4.79 Å². The molecular formula is C13H18N2O2. The molecule has 17 heavy (non-hydrogen) atoms. The molecule has 0 radical (unpaired) electrons. The van der Waals surface area contributed by atoms with Crippen LogP contribution in [0.15, 0.2) is 24.3 Å². The maximum absolute atomic E-state index is 11.6. The van der Waals surface area contributed by atoms with Gasteiger partial charge in [0.2, 0.25) is 5.91 Å². The molecular weight excluding hydrogens is 216 g/mol. The molecule has 0 unspecified atom stereocenters. The highest BCUT2D eigenvalue weighted by atomic mass is 16.5. The van der Waals surface area contributed by atoms with Gasteiger partial charge in [0.1, 0.15) is 5.75 Å². The van der Waals surface area contributed by atoms with Crippen molar-refractivity contribution < 1.29 is 9.53 Å². The Morgan fingerprint density at radius 3 is 2.82 bits per heavy atom. The summed E-state index contributed by atoms with van der Waals surface area (Å²) >= 11 is 0. The van der Waals surface area contributed by atoms with Gasteiger partial charge < -0.3 is 15.0 Å². The van der Waals surface area contributed by atoms with Gasteiger partial charge in [-0.15, -0.1) is 0 Å². The number of nitrogens with one attached hydrogen (secondary N) is 1. The number of ether oxygens (including phenoxy) is 1. The van der Waals surface area contributed by atoms with Crippen molar-refractivity contribution >= 4 is 11.6 Å². The first-order valence-corrected chi connectivity index (χ1v) is 5.70. The first-order valence-electron chi connectivity index (χ1n) is 5.70. The van der Waals surface area contributed by atoms with Crippen molar-refractivity contribution in [2.45, 2.75) is 19.4 Å². The fourth-order valence-electron chi connectivity index (χ4n) is 2.15. The Kier molecular flexibility index (Phi) is 2.96. The SMILES string of the molecule is COc1cccc(N2CC(=O)NC(C)(C)C2)c1. The fourth-order valence-corrected chi connectivity index (χ4v) is 2.15. The normalized spacial score (nSPS) is 18.8. The van der Waals surface area contributed by atoms with Crippen LogP contribution in [0.4, 0.5) is 5.69 Å². The molecule has 2 rings (SSSR count). The second-order valence-electron chi connectivity index (χ2n) is 4.99. The van der Waals surface area contributed by atoms with E-state index in [0.29, 0.717) is 6.54 Å². The number of nitrogens with zero attached hydrogens (tertiary/aromatic N) is 1. The molecule has 0 saturated carbocycles. The number of benzene rings is 1. The molecule has 1 heterocycles. The molecule has 1 aliphatic rings. The molecule has 1 aromatic rings. The maximum Gasteiger partial charge on any atom is 0.239 e.